The standard InChI is InChI=1S/C11H15N3O5/c1-11(2,3)14(5-8(16)17)9(18)6-4-7(15)13-10(19)12-6/h4H,5H2,1-3H3,(H,16,17)(H2,12,13,15,19). The lowest BCUT2D eigenvalue weighted by molar-refractivity contribution is -0.138. The fourth-order valence-electron chi connectivity index (χ4n) is 1.48. The Kier molecular flexibility index (Phi) is 3.93. The molecule has 0 bridgehead atoms. The van der Waals surface area contributed by atoms with Crippen molar-refractivity contribution in [3.8, 4) is 0 Å². The van der Waals surface area contributed by atoms with E-state index in [0.29, 0.717) is 0 Å². The van der Waals surface area contributed by atoms with Crippen LogP contribution < -0.4 is 11.2 Å². The van der Waals surface area contributed by atoms with E-state index in [-0.39, 0.29) is 5.69 Å². The van der Waals surface area contributed by atoms with E-state index in [0.717, 1.165) is 11.0 Å². The van der Waals surface area contributed by atoms with E-state index in [1.165, 1.54) is 0 Å². The number of carbonyl (C=O) groups is 2. The first-order chi connectivity index (χ1) is 8.61. The van der Waals surface area contributed by atoms with E-state index in [1.54, 1.807) is 20.8 Å². The molecule has 1 rings (SSSR count). The van der Waals surface area contributed by atoms with E-state index >= 15 is 0 Å². The lowest BCUT2D eigenvalue weighted by atomic mass is 10.1. The Bertz CT molecular complexity index is 579. The molecule has 8 heteroatoms. The van der Waals surface area contributed by atoms with Gasteiger partial charge in [-0.15, -0.1) is 0 Å². The zero-order chi connectivity index (χ0) is 14.8. The quantitative estimate of drug-likeness (QED) is 0.675. The van der Waals surface area contributed by atoms with Crippen LogP contribution in [0.15, 0.2) is 15.7 Å². The maximum atomic E-state index is 12.2. The summed E-state index contributed by atoms with van der Waals surface area (Å²) in [6.45, 7) is 4.43. The Morgan fingerprint density at radius 2 is 1.84 bits per heavy atom. The number of hydrogen-bond acceptors (Lipinski definition) is 4. The van der Waals surface area contributed by atoms with Crippen LogP contribution in [0.1, 0.15) is 31.3 Å². The molecule has 1 aromatic rings. The summed E-state index contributed by atoms with van der Waals surface area (Å²) in [7, 11) is 0. The highest BCUT2D eigenvalue weighted by Crippen LogP contribution is 2.15. The first kappa shape index (κ1) is 14.7. The van der Waals surface area contributed by atoms with Crippen molar-refractivity contribution in [2.24, 2.45) is 0 Å². The van der Waals surface area contributed by atoms with Gasteiger partial charge in [0, 0.05) is 11.6 Å². The lowest BCUT2D eigenvalue weighted by Gasteiger charge is -2.34. The van der Waals surface area contributed by atoms with E-state index in [1.807, 2.05) is 4.98 Å². The average molecular weight is 269 g/mol. The van der Waals surface area contributed by atoms with E-state index < -0.39 is 35.2 Å². The van der Waals surface area contributed by atoms with Gasteiger partial charge < -0.3 is 15.0 Å². The molecular weight excluding hydrogens is 254 g/mol. The van der Waals surface area contributed by atoms with Crippen LogP contribution in [0.5, 0.6) is 0 Å². The van der Waals surface area contributed by atoms with Crippen LogP contribution in [0.25, 0.3) is 0 Å². The molecule has 0 saturated heterocycles. The van der Waals surface area contributed by atoms with Gasteiger partial charge in [0.2, 0.25) is 0 Å². The first-order valence-corrected chi connectivity index (χ1v) is 5.48. The van der Waals surface area contributed by atoms with Crippen molar-refractivity contribution < 1.29 is 14.7 Å². The van der Waals surface area contributed by atoms with Gasteiger partial charge in [-0.1, -0.05) is 0 Å². The molecule has 0 radical (unpaired) electrons. The maximum Gasteiger partial charge on any atom is 0.326 e. The molecule has 0 fully saturated rings. The van der Waals surface area contributed by atoms with Crippen molar-refractivity contribution in [2.45, 2.75) is 26.3 Å². The highest BCUT2D eigenvalue weighted by Gasteiger charge is 2.29. The predicted molar refractivity (Wildman–Crippen MR) is 66.1 cm³/mol. The van der Waals surface area contributed by atoms with Gasteiger partial charge in [-0.2, -0.15) is 0 Å². The molecule has 1 heterocycles. The fraction of sp³-hybridized carbons (Fsp3) is 0.455. The Morgan fingerprint density at radius 1 is 1.26 bits per heavy atom. The van der Waals surface area contributed by atoms with Gasteiger partial charge in [0.15, 0.2) is 0 Å². The third-order valence-corrected chi connectivity index (χ3v) is 2.34. The molecule has 0 atom stereocenters. The molecule has 19 heavy (non-hydrogen) atoms. The number of amides is 1. The highest BCUT2D eigenvalue weighted by molar-refractivity contribution is 5.94. The summed E-state index contributed by atoms with van der Waals surface area (Å²) in [5.74, 6) is -1.91. The van der Waals surface area contributed by atoms with Crippen molar-refractivity contribution in [2.75, 3.05) is 6.54 Å². The summed E-state index contributed by atoms with van der Waals surface area (Å²) < 4.78 is 0. The molecule has 0 aliphatic heterocycles. The van der Waals surface area contributed by atoms with Crippen molar-refractivity contribution in [3.05, 3.63) is 32.6 Å². The second-order valence-corrected chi connectivity index (χ2v) is 4.96. The van der Waals surface area contributed by atoms with Crippen molar-refractivity contribution in [1.82, 2.24) is 14.9 Å². The minimum atomic E-state index is -1.18. The molecule has 3 N–H and O–H groups in total. The third-order valence-electron chi connectivity index (χ3n) is 2.34. The van der Waals surface area contributed by atoms with Gasteiger partial charge in [0.1, 0.15) is 12.2 Å². The molecule has 8 nitrogen and oxygen atoms in total. The van der Waals surface area contributed by atoms with Crippen LogP contribution in [0.3, 0.4) is 0 Å². The number of hydrogen-bond donors (Lipinski definition) is 3. The first-order valence-electron chi connectivity index (χ1n) is 5.48. The summed E-state index contributed by atoms with van der Waals surface area (Å²) in [5.41, 5.74) is -2.56. The maximum absolute atomic E-state index is 12.2. The van der Waals surface area contributed by atoms with Crippen LogP contribution >= 0.6 is 0 Å². The smallest absolute Gasteiger partial charge is 0.326 e. The van der Waals surface area contributed by atoms with Crippen LogP contribution in [-0.2, 0) is 4.79 Å². The molecule has 0 unspecified atom stereocenters. The van der Waals surface area contributed by atoms with Gasteiger partial charge in [-0.05, 0) is 20.8 Å². The summed E-state index contributed by atoms with van der Waals surface area (Å²) in [6.07, 6.45) is 0. The molecule has 0 saturated carbocycles. The number of carboxylic acids is 1. The third kappa shape index (κ3) is 3.80. The molecule has 0 spiro atoms. The number of H-pyrrole nitrogens is 2. The Morgan fingerprint density at radius 3 is 2.26 bits per heavy atom. The van der Waals surface area contributed by atoms with Crippen LogP contribution in [0.2, 0.25) is 0 Å². The molecule has 1 aromatic heterocycles. The number of nitrogens with zero attached hydrogens (tertiary/aromatic N) is 1. The van der Waals surface area contributed by atoms with Crippen LogP contribution in [0, 0.1) is 0 Å². The number of rotatable bonds is 3. The number of aliphatic carboxylic acids is 1. The lowest BCUT2D eigenvalue weighted by Crippen LogP contribution is -2.49. The minimum absolute atomic E-state index is 0.245. The SMILES string of the molecule is CC(C)(C)N(CC(=O)O)C(=O)c1cc(=O)[nH]c(=O)[nH]1. The van der Waals surface area contributed by atoms with Gasteiger partial charge in [-0.3, -0.25) is 19.4 Å². The van der Waals surface area contributed by atoms with Gasteiger partial charge in [0.05, 0.1) is 0 Å². The van der Waals surface area contributed by atoms with Gasteiger partial charge >= 0.3 is 11.7 Å². The fourth-order valence-corrected chi connectivity index (χ4v) is 1.48. The number of carbonyl (C=O) groups excluding carboxylic acids is 1. The van der Waals surface area contributed by atoms with E-state index in [4.69, 9.17) is 5.11 Å². The number of carboxylic acid groups (broad SMARTS) is 1. The van der Waals surface area contributed by atoms with Gasteiger partial charge in [-0.25, -0.2) is 4.79 Å². The number of aromatic nitrogens is 2. The number of aromatic amines is 2. The molecule has 0 aliphatic rings. The summed E-state index contributed by atoms with van der Waals surface area (Å²) in [5, 5.41) is 8.82. The van der Waals surface area contributed by atoms with Crippen molar-refractivity contribution in [1.29, 1.82) is 0 Å². The molecule has 0 aliphatic carbocycles. The summed E-state index contributed by atoms with van der Waals surface area (Å²) in [4.78, 5) is 50.4. The van der Waals surface area contributed by atoms with Crippen LogP contribution in [-0.4, -0.2) is 43.9 Å². The highest BCUT2D eigenvalue weighted by atomic mass is 16.4. The largest absolute Gasteiger partial charge is 0.480 e. The Hall–Kier alpha value is -2.38. The monoisotopic (exact) mass is 269 g/mol. The Labute approximate surface area is 108 Å². The number of nitrogens with one attached hydrogen (secondary N) is 2. The molecule has 104 valence electrons. The van der Waals surface area contributed by atoms with E-state index in [2.05, 4.69) is 4.98 Å². The second kappa shape index (κ2) is 5.09. The molecule has 1 amide bonds. The zero-order valence-electron chi connectivity index (χ0n) is 10.8. The zero-order valence-corrected chi connectivity index (χ0v) is 10.8. The average Bonchev–Trinajstić information content (AvgIpc) is 2.21. The van der Waals surface area contributed by atoms with Crippen molar-refractivity contribution in [3.63, 3.8) is 0 Å². The van der Waals surface area contributed by atoms with E-state index in [9.17, 15) is 19.2 Å². The summed E-state index contributed by atoms with van der Waals surface area (Å²) >= 11 is 0. The normalized spacial score (nSPS) is 11.1. The minimum Gasteiger partial charge on any atom is -0.480 e. The second-order valence-electron chi connectivity index (χ2n) is 4.96. The van der Waals surface area contributed by atoms with Crippen molar-refractivity contribution >= 4 is 11.9 Å². The summed E-state index contributed by atoms with van der Waals surface area (Å²) in [6, 6.07) is 0.921. The predicted octanol–water partition coefficient (Wildman–Crippen LogP) is -0.611. The topological polar surface area (TPSA) is 123 Å². The molecular formula is C11H15N3O5. The van der Waals surface area contributed by atoms with Crippen LogP contribution in [0.4, 0.5) is 0 Å². The van der Waals surface area contributed by atoms with Gasteiger partial charge in [0.25, 0.3) is 11.5 Å². The Balaban J connectivity index is 3.23. The molecule has 0 aromatic carbocycles.